The Labute approximate surface area is 116 Å². The fourth-order valence-electron chi connectivity index (χ4n) is 1.73. The van der Waals surface area contributed by atoms with Crippen molar-refractivity contribution in [3.63, 3.8) is 0 Å². The lowest BCUT2D eigenvalue weighted by Gasteiger charge is -2.21. The van der Waals surface area contributed by atoms with Gasteiger partial charge in [-0.2, -0.15) is 0 Å². The third-order valence-corrected chi connectivity index (χ3v) is 2.67. The first-order valence-electron chi connectivity index (χ1n) is 6.22. The number of carbonyl (C=O) groups excluding carboxylic acids is 1. The number of nitro groups is 1. The summed E-state index contributed by atoms with van der Waals surface area (Å²) in [6, 6.07) is 5.63. The minimum atomic E-state index is -1.02. The van der Waals surface area contributed by atoms with E-state index in [4.69, 9.17) is 5.11 Å². The number of hydrogen-bond donors (Lipinski definition) is 1. The summed E-state index contributed by atoms with van der Waals surface area (Å²) >= 11 is 0. The summed E-state index contributed by atoms with van der Waals surface area (Å²) in [7, 11) is 0. The number of nitrogens with zero attached hydrogens (tertiary/aromatic N) is 2. The molecular formula is C13H16N2O5. The molecule has 108 valence electrons. The first-order chi connectivity index (χ1) is 9.45. The van der Waals surface area contributed by atoms with E-state index in [1.54, 1.807) is 6.07 Å². The molecule has 0 saturated heterocycles. The summed E-state index contributed by atoms with van der Waals surface area (Å²) in [6.07, 6.45) is 0.678. The fraction of sp³-hybridized carbons (Fsp3) is 0.385. The van der Waals surface area contributed by atoms with Crippen LogP contribution in [-0.2, 0) is 9.59 Å². The van der Waals surface area contributed by atoms with E-state index in [-0.39, 0.29) is 31.0 Å². The van der Waals surface area contributed by atoms with Crippen LogP contribution in [0.4, 0.5) is 11.4 Å². The van der Waals surface area contributed by atoms with Gasteiger partial charge in [0, 0.05) is 25.1 Å². The Bertz CT molecular complexity index is 515. The third-order valence-electron chi connectivity index (χ3n) is 2.67. The van der Waals surface area contributed by atoms with E-state index in [0.29, 0.717) is 12.1 Å². The summed E-state index contributed by atoms with van der Waals surface area (Å²) in [4.78, 5) is 34.1. The SMILES string of the molecule is CCCC(=O)N(CCC(=O)O)c1cccc([N+](=O)[O-])c1. The number of carboxylic acids is 1. The number of aliphatic carboxylic acids is 1. The lowest BCUT2D eigenvalue weighted by Crippen LogP contribution is -2.32. The van der Waals surface area contributed by atoms with E-state index in [9.17, 15) is 19.7 Å². The number of carboxylic acid groups (broad SMARTS) is 1. The summed E-state index contributed by atoms with van der Waals surface area (Å²) in [6.45, 7) is 1.83. The van der Waals surface area contributed by atoms with Crippen LogP contribution in [0.2, 0.25) is 0 Å². The van der Waals surface area contributed by atoms with Crippen molar-refractivity contribution in [1.29, 1.82) is 0 Å². The van der Waals surface area contributed by atoms with Crippen molar-refractivity contribution in [2.45, 2.75) is 26.2 Å². The van der Waals surface area contributed by atoms with E-state index >= 15 is 0 Å². The van der Waals surface area contributed by atoms with E-state index in [1.807, 2.05) is 6.92 Å². The van der Waals surface area contributed by atoms with Crippen LogP contribution in [-0.4, -0.2) is 28.5 Å². The van der Waals surface area contributed by atoms with Gasteiger partial charge in [0.05, 0.1) is 17.0 Å². The number of amides is 1. The van der Waals surface area contributed by atoms with Gasteiger partial charge in [-0.3, -0.25) is 19.7 Å². The number of hydrogen-bond acceptors (Lipinski definition) is 4. The highest BCUT2D eigenvalue weighted by Crippen LogP contribution is 2.22. The number of rotatable bonds is 7. The molecule has 7 nitrogen and oxygen atoms in total. The van der Waals surface area contributed by atoms with Crippen molar-refractivity contribution in [3.05, 3.63) is 34.4 Å². The van der Waals surface area contributed by atoms with Gasteiger partial charge in [0.2, 0.25) is 5.91 Å². The van der Waals surface area contributed by atoms with Crippen LogP contribution in [0.3, 0.4) is 0 Å². The molecule has 1 aromatic rings. The monoisotopic (exact) mass is 280 g/mol. The molecule has 0 bridgehead atoms. The van der Waals surface area contributed by atoms with Crippen molar-refractivity contribution in [1.82, 2.24) is 0 Å². The van der Waals surface area contributed by atoms with Crippen LogP contribution in [0.1, 0.15) is 26.2 Å². The lowest BCUT2D eigenvalue weighted by atomic mass is 10.2. The molecule has 0 saturated carbocycles. The minimum Gasteiger partial charge on any atom is -0.481 e. The summed E-state index contributed by atoms with van der Waals surface area (Å²) in [5.41, 5.74) is 0.214. The van der Waals surface area contributed by atoms with Crippen LogP contribution < -0.4 is 4.90 Å². The number of carbonyl (C=O) groups is 2. The van der Waals surface area contributed by atoms with E-state index in [0.717, 1.165) is 0 Å². The van der Waals surface area contributed by atoms with E-state index in [1.165, 1.54) is 23.1 Å². The Kier molecular flexibility index (Phi) is 5.64. The van der Waals surface area contributed by atoms with Crippen molar-refractivity contribution in [2.24, 2.45) is 0 Å². The van der Waals surface area contributed by atoms with Gasteiger partial charge in [0.15, 0.2) is 0 Å². The first kappa shape index (κ1) is 15.6. The first-order valence-corrected chi connectivity index (χ1v) is 6.22. The molecule has 0 radical (unpaired) electrons. The summed E-state index contributed by atoms with van der Waals surface area (Å²) < 4.78 is 0. The largest absolute Gasteiger partial charge is 0.481 e. The maximum atomic E-state index is 12.0. The normalized spacial score (nSPS) is 10.1. The molecule has 0 aliphatic heterocycles. The van der Waals surface area contributed by atoms with Crippen LogP contribution in [0.5, 0.6) is 0 Å². The Morgan fingerprint density at radius 1 is 1.35 bits per heavy atom. The van der Waals surface area contributed by atoms with Crippen molar-refractivity contribution in [3.8, 4) is 0 Å². The summed E-state index contributed by atoms with van der Waals surface area (Å²) in [5.74, 6) is -1.26. The lowest BCUT2D eigenvalue weighted by molar-refractivity contribution is -0.384. The van der Waals surface area contributed by atoms with Crippen LogP contribution in [0, 0.1) is 10.1 Å². The van der Waals surface area contributed by atoms with Crippen molar-refractivity contribution >= 4 is 23.3 Å². The maximum absolute atomic E-state index is 12.0. The zero-order chi connectivity index (χ0) is 15.1. The van der Waals surface area contributed by atoms with Gasteiger partial charge in [-0.05, 0) is 12.5 Å². The minimum absolute atomic E-state index is 0.00463. The molecule has 1 N–H and O–H groups in total. The highest BCUT2D eigenvalue weighted by atomic mass is 16.6. The molecule has 0 heterocycles. The molecular weight excluding hydrogens is 264 g/mol. The van der Waals surface area contributed by atoms with Crippen LogP contribution in [0.25, 0.3) is 0 Å². The molecule has 1 rings (SSSR count). The topological polar surface area (TPSA) is 101 Å². The molecule has 1 amide bonds. The molecule has 0 aliphatic rings. The molecule has 0 unspecified atom stereocenters. The maximum Gasteiger partial charge on any atom is 0.305 e. The smallest absolute Gasteiger partial charge is 0.305 e. The Morgan fingerprint density at radius 2 is 2.05 bits per heavy atom. The second-order valence-electron chi connectivity index (χ2n) is 4.22. The quantitative estimate of drug-likeness (QED) is 0.609. The van der Waals surface area contributed by atoms with Crippen molar-refractivity contribution in [2.75, 3.05) is 11.4 Å². The standard InChI is InChI=1S/C13H16N2O5/c1-2-4-12(16)14(8-7-13(17)18)10-5-3-6-11(9-10)15(19)20/h3,5-6,9H,2,4,7-8H2,1H3,(H,17,18). The zero-order valence-electron chi connectivity index (χ0n) is 11.1. The van der Waals surface area contributed by atoms with Crippen LogP contribution in [0.15, 0.2) is 24.3 Å². The van der Waals surface area contributed by atoms with E-state index in [2.05, 4.69) is 0 Å². The molecule has 0 spiro atoms. The van der Waals surface area contributed by atoms with Gasteiger partial charge in [0.1, 0.15) is 0 Å². The van der Waals surface area contributed by atoms with Crippen LogP contribution >= 0.6 is 0 Å². The number of benzene rings is 1. The Hall–Kier alpha value is -2.44. The highest BCUT2D eigenvalue weighted by Gasteiger charge is 2.18. The predicted molar refractivity (Wildman–Crippen MR) is 72.6 cm³/mol. The van der Waals surface area contributed by atoms with Gasteiger partial charge in [-0.1, -0.05) is 13.0 Å². The third kappa shape index (κ3) is 4.34. The number of anilines is 1. The Balaban J connectivity index is 3.02. The average molecular weight is 280 g/mol. The molecule has 0 atom stereocenters. The van der Waals surface area contributed by atoms with Gasteiger partial charge in [0.25, 0.3) is 5.69 Å². The zero-order valence-corrected chi connectivity index (χ0v) is 11.1. The van der Waals surface area contributed by atoms with Gasteiger partial charge >= 0.3 is 5.97 Å². The Morgan fingerprint density at radius 3 is 2.60 bits per heavy atom. The molecule has 7 heteroatoms. The van der Waals surface area contributed by atoms with E-state index < -0.39 is 10.9 Å². The average Bonchev–Trinajstić information content (AvgIpc) is 2.39. The molecule has 1 aromatic carbocycles. The van der Waals surface area contributed by atoms with Gasteiger partial charge < -0.3 is 10.0 Å². The number of non-ortho nitro benzene ring substituents is 1. The summed E-state index contributed by atoms with van der Waals surface area (Å²) in [5, 5.41) is 19.5. The molecule has 20 heavy (non-hydrogen) atoms. The van der Waals surface area contributed by atoms with Gasteiger partial charge in [-0.15, -0.1) is 0 Å². The van der Waals surface area contributed by atoms with Crippen molar-refractivity contribution < 1.29 is 19.6 Å². The molecule has 0 aliphatic carbocycles. The fourth-order valence-corrected chi connectivity index (χ4v) is 1.73. The predicted octanol–water partition coefficient (Wildman–Crippen LogP) is 2.20. The highest BCUT2D eigenvalue weighted by molar-refractivity contribution is 5.94. The number of nitro benzene ring substituents is 1. The second kappa shape index (κ2) is 7.22. The molecule has 0 aromatic heterocycles. The van der Waals surface area contributed by atoms with Gasteiger partial charge in [-0.25, -0.2) is 0 Å². The molecule has 0 fully saturated rings. The second-order valence-corrected chi connectivity index (χ2v) is 4.22.